The van der Waals surface area contributed by atoms with Crippen molar-refractivity contribution in [1.82, 2.24) is 24.5 Å². The molecule has 4 rings (SSSR count). The molecule has 1 fully saturated rings. The summed E-state index contributed by atoms with van der Waals surface area (Å²) in [6.45, 7) is 2.21. The number of hydrogen-bond acceptors (Lipinski definition) is 7. The van der Waals surface area contributed by atoms with E-state index in [0.29, 0.717) is 23.1 Å². The summed E-state index contributed by atoms with van der Waals surface area (Å²) in [6.07, 6.45) is 2.84. The summed E-state index contributed by atoms with van der Waals surface area (Å²) in [5.41, 5.74) is 0. The first-order valence-electron chi connectivity index (χ1n) is 7.30. The van der Waals surface area contributed by atoms with Gasteiger partial charge in [0.15, 0.2) is 5.82 Å². The molecule has 0 aliphatic heterocycles. The average Bonchev–Trinajstić information content (AvgIpc) is 2.91. The van der Waals surface area contributed by atoms with E-state index in [-0.39, 0.29) is 0 Å². The largest absolute Gasteiger partial charge is 0.250 e. The highest BCUT2D eigenvalue weighted by Gasteiger charge is 2.30. The third kappa shape index (κ3) is 3.03. The molecule has 23 heavy (non-hydrogen) atoms. The Kier molecular flexibility index (Phi) is 3.71. The number of nitrogens with zero attached hydrogens (tertiary/aromatic N) is 4. The van der Waals surface area contributed by atoms with Crippen LogP contribution in [0.1, 0.15) is 34.5 Å². The first-order valence-corrected chi connectivity index (χ1v) is 10.4. The summed E-state index contributed by atoms with van der Waals surface area (Å²) < 4.78 is 29.1. The Bertz CT molecular complexity index is 951. The van der Waals surface area contributed by atoms with Gasteiger partial charge in [-0.1, -0.05) is 11.3 Å². The van der Waals surface area contributed by atoms with Crippen molar-refractivity contribution in [3.63, 3.8) is 0 Å². The Morgan fingerprint density at radius 3 is 2.83 bits per heavy atom. The average molecular weight is 369 g/mol. The second-order valence-electron chi connectivity index (χ2n) is 5.54. The maximum absolute atomic E-state index is 12.2. The molecule has 0 radical (unpaired) electrons. The van der Waals surface area contributed by atoms with Crippen molar-refractivity contribution in [2.24, 2.45) is 0 Å². The number of hydrogen-bond donors (Lipinski definition) is 1. The van der Waals surface area contributed by atoms with Crippen LogP contribution in [0.2, 0.25) is 0 Å². The van der Waals surface area contributed by atoms with Crippen LogP contribution in [-0.4, -0.2) is 34.8 Å². The van der Waals surface area contributed by atoms with E-state index in [9.17, 15) is 8.42 Å². The molecule has 0 saturated heterocycles. The Morgan fingerprint density at radius 2 is 2.13 bits per heavy atom. The minimum atomic E-state index is -3.43. The molecule has 0 spiro atoms. The number of sulfonamides is 1. The molecular weight excluding hydrogens is 354 g/mol. The Morgan fingerprint density at radius 1 is 1.30 bits per heavy atom. The van der Waals surface area contributed by atoms with Crippen LogP contribution in [0, 0.1) is 6.92 Å². The van der Waals surface area contributed by atoms with Gasteiger partial charge < -0.3 is 0 Å². The highest BCUT2D eigenvalue weighted by Crippen LogP contribution is 2.39. The van der Waals surface area contributed by atoms with Crippen LogP contribution in [0.25, 0.3) is 4.96 Å². The first-order chi connectivity index (χ1) is 11.0. The van der Waals surface area contributed by atoms with Gasteiger partial charge in [0.05, 0.1) is 0 Å². The van der Waals surface area contributed by atoms with Crippen molar-refractivity contribution < 1.29 is 8.42 Å². The summed E-state index contributed by atoms with van der Waals surface area (Å²) in [5, 5.41) is 13.7. The normalized spacial score (nSPS) is 15.5. The van der Waals surface area contributed by atoms with E-state index in [1.807, 2.05) is 13.0 Å². The number of rotatable bonds is 6. The molecule has 10 heteroatoms. The number of aryl methyl sites for hydroxylation is 1. The van der Waals surface area contributed by atoms with E-state index in [1.54, 1.807) is 10.6 Å². The molecule has 1 saturated carbocycles. The predicted octanol–water partition coefficient (Wildman–Crippen LogP) is 1.95. The predicted molar refractivity (Wildman–Crippen MR) is 88.6 cm³/mol. The standard InChI is InChI=1S/C13H15N5O2S3/c1-8-2-5-11(21-8)23(19,20)14-7-6-10-17-18-12(9-3-4-9)15-16-13(18)22-10/h2,5,9,14H,3-4,6-7H2,1H3. The lowest BCUT2D eigenvalue weighted by Crippen LogP contribution is -2.25. The van der Waals surface area contributed by atoms with Gasteiger partial charge in [0.1, 0.15) is 9.22 Å². The van der Waals surface area contributed by atoms with Crippen molar-refractivity contribution in [2.75, 3.05) is 6.54 Å². The summed E-state index contributed by atoms with van der Waals surface area (Å²) in [6, 6.07) is 3.44. The molecule has 1 aliphatic carbocycles. The zero-order valence-corrected chi connectivity index (χ0v) is 14.8. The van der Waals surface area contributed by atoms with Gasteiger partial charge in [0.2, 0.25) is 15.0 Å². The number of nitrogens with one attached hydrogen (secondary N) is 1. The SMILES string of the molecule is Cc1ccc(S(=O)(=O)NCCc2nn3c(C4CC4)nnc3s2)s1. The number of fused-ring (bicyclic) bond motifs is 1. The molecule has 3 aromatic rings. The monoisotopic (exact) mass is 369 g/mol. The molecule has 3 heterocycles. The highest BCUT2D eigenvalue weighted by atomic mass is 32.2. The summed E-state index contributed by atoms with van der Waals surface area (Å²) in [4.78, 5) is 1.75. The molecule has 0 bridgehead atoms. The minimum absolute atomic E-state index is 0.322. The summed E-state index contributed by atoms with van der Waals surface area (Å²) >= 11 is 2.73. The first kappa shape index (κ1) is 15.2. The lowest BCUT2D eigenvalue weighted by Gasteiger charge is -2.02. The Labute approximate surface area is 141 Å². The smallest absolute Gasteiger partial charge is 0.210 e. The maximum atomic E-state index is 12.2. The molecule has 0 amide bonds. The van der Waals surface area contributed by atoms with E-state index in [0.717, 1.165) is 33.5 Å². The molecule has 1 N–H and O–H groups in total. The fourth-order valence-corrected chi connectivity index (χ4v) is 5.49. The maximum Gasteiger partial charge on any atom is 0.250 e. The van der Waals surface area contributed by atoms with Crippen molar-refractivity contribution >= 4 is 37.7 Å². The van der Waals surface area contributed by atoms with Gasteiger partial charge in [0, 0.05) is 23.8 Å². The van der Waals surface area contributed by atoms with Crippen molar-refractivity contribution in [1.29, 1.82) is 0 Å². The molecular formula is C13H15N5O2S3. The van der Waals surface area contributed by atoms with E-state index in [1.165, 1.54) is 22.7 Å². The van der Waals surface area contributed by atoms with Crippen LogP contribution in [0.5, 0.6) is 0 Å². The van der Waals surface area contributed by atoms with Gasteiger partial charge in [-0.25, -0.2) is 13.1 Å². The topological polar surface area (TPSA) is 89.2 Å². The van der Waals surface area contributed by atoms with Crippen LogP contribution in [0.4, 0.5) is 0 Å². The van der Waals surface area contributed by atoms with E-state index in [4.69, 9.17) is 0 Å². The Hall–Kier alpha value is -1.36. The number of thiophene rings is 1. The molecule has 0 atom stereocenters. The number of aromatic nitrogens is 4. The fourth-order valence-electron chi connectivity index (χ4n) is 2.29. The van der Waals surface area contributed by atoms with Crippen LogP contribution in [-0.2, 0) is 16.4 Å². The van der Waals surface area contributed by atoms with Gasteiger partial charge >= 0.3 is 0 Å². The molecule has 122 valence electrons. The zero-order chi connectivity index (χ0) is 16.0. The molecule has 0 aromatic carbocycles. The lowest BCUT2D eigenvalue weighted by molar-refractivity contribution is 0.583. The molecule has 3 aromatic heterocycles. The lowest BCUT2D eigenvalue weighted by atomic mass is 10.4. The molecule has 1 aliphatic rings. The fraction of sp³-hybridized carbons (Fsp3) is 0.462. The second-order valence-corrected chi connectivity index (χ2v) is 9.86. The third-order valence-corrected chi connectivity index (χ3v) is 7.52. The van der Waals surface area contributed by atoms with Crippen LogP contribution in [0.3, 0.4) is 0 Å². The van der Waals surface area contributed by atoms with Crippen LogP contribution in [0.15, 0.2) is 16.3 Å². The second kappa shape index (κ2) is 5.62. The van der Waals surface area contributed by atoms with E-state index >= 15 is 0 Å². The highest BCUT2D eigenvalue weighted by molar-refractivity contribution is 7.91. The summed E-state index contributed by atoms with van der Waals surface area (Å²) in [7, 11) is -3.43. The van der Waals surface area contributed by atoms with Gasteiger partial charge in [-0.2, -0.15) is 9.61 Å². The molecule has 7 nitrogen and oxygen atoms in total. The Balaban J connectivity index is 1.43. The van der Waals surface area contributed by atoms with Gasteiger partial charge in [-0.15, -0.1) is 21.5 Å². The van der Waals surface area contributed by atoms with Crippen LogP contribution < -0.4 is 4.72 Å². The van der Waals surface area contributed by atoms with Gasteiger partial charge in [0.25, 0.3) is 0 Å². The quantitative estimate of drug-likeness (QED) is 0.717. The summed E-state index contributed by atoms with van der Waals surface area (Å²) in [5.74, 6) is 1.41. The van der Waals surface area contributed by atoms with E-state index < -0.39 is 10.0 Å². The zero-order valence-electron chi connectivity index (χ0n) is 12.4. The third-order valence-electron chi connectivity index (χ3n) is 3.61. The van der Waals surface area contributed by atoms with Crippen molar-refractivity contribution in [3.8, 4) is 0 Å². The van der Waals surface area contributed by atoms with E-state index in [2.05, 4.69) is 20.0 Å². The van der Waals surface area contributed by atoms with Crippen molar-refractivity contribution in [3.05, 3.63) is 27.8 Å². The molecule has 0 unspecified atom stereocenters. The van der Waals surface area contributed by atoms with Gasteiger partial charge in [-0.05, 0) is 31.9 Å². The van der Waals surface area contributed by atoms with Crippen LogP contribution >= 0.6 is 22.7 Å². The van der Waals surface area contributed by atoms with Gasteiger partial charge in [-0.3, -0.25) is 0 Å². The van der Waals surface area contributed by atoms with Crippen molar-refractivity contribution in [2.45, 2.75) is 36.3 Å². The minimum Gasteiger partial charge on any atom is -0.210 e.